The number of Topliss-reactive ketones (excluding diaryl/α,β-unsaturated/α-hetero) is 1. The highest BCUT2D eigenvalue weighted by atomic mass is 19.1. The highest BCUT2D eigenvalue weighted by molar-refractivity contribution is 5.97. The van der Waals surface area contributed by atoms with Gasteiger partial charge in [0.1, 0.15) is 5.83 Å². The van der Waals surface area contributed by atoms with E-state index < -0.39 is 11.7 Å². The van der Waals surface area contributed by atoms with E-state index in [4.69, 9.17) is 5.26 Å². The van der Waals surface area contributed by atoms with Gasteiger partial charge in [0.25, 0.3) is 0 Å². The van der Waals surface area contributed by atoms with Crippen molar-refractivity contribution in [3.05, 3.63) is 95.8 Å². The van der Waals surface area contributed by atoms with Crippen LogP contribution in [0.1, 0.15) is 33.8 Å². The summed E-state index contributed by atoms with van der Waals surface area (Å²) < 4.78 is 14.1. The monoisotopic (exact) mass is 329 g/mol. The first-order valence-electron chi connectivity index (χ1n) is 7.95. The number of hydrogen-bond acceptors (Lipinski definition) is 2. The predicted octanol–water partition coefficient (Wildman–Crippen LogP) is 5.55. The minimum atomic E-state index is -0.687. The summed E-state index contributed by atoms with van der Waals surface area (Å²) in [5.41, 5.74) is 1.68. The molecule has 3 aromatic rings. The number of ketones is 1. The Kier molecular flexibility index (Phi) is 4.72. The predicted molar refractivity (Wildman–Crippen MR) is 97.0 cm³/mol. The van der Waals surface area contributed by atoms with Crippen LogP contribution in [0.15, 0.2) is 79.1 Å². The summed E-state index contributed by atoms with van der Waals surface area (Å²) in [5, 5.41) is 10.9. The molecule has 0 bridgehead atoms. The molecule has 0 spiro atoms. The Balaban J connectivity index is 1.88. The average molecular weight is 329 g/mol. The van der Waals surface area contributed by atoms with E-state index in [1.54, 1.807) is 24.3 Å². The van der Waals surface area contributed by atoms with E-state index in [-0.39, 0.29) is 12.2 Å². The third-order valence-electron chi connectivity index (χ3n) is 4.28. The lowest BCUT2D eigenvalue weighted by molar-refractivity contribution is 0.0974. The molecular weight excluding hydrogens is 313 g/mol. The fourth-order valence-electron chi connectivity index (χ4n) is 2.87. The summed E-state index contributed by atoms with van der Waals surface area (Å²) in [7, 11) is 0. The zero-order valence-electron chi connectivity index (χ0n) is 13.6. The van der Waals surface area contributed by atoms with Crippen LogP contribution in [0.5, 0.6) is 0 Å². The van der Waals surface area contributed by atoms with Crippen molar-refractivity contribution in [2.24, 2.45) is 0 Å². The Morgan fingerprint density at radius 2 is 1.72 bits per heavy atom. The van der Waals surface area contributed by atoms with Gasteiger partial charge >= 0.3 is 0 Å². The molecule has 0 aliphatic carbocycles. The van der Waals surface area contributed by atoms with Gasteiger partial charge in [0, 0.05) is 17.9 Å². The molecule has 1 atom stereocenters. The molecule has 2 nitrogen and oxygen atoms in total. The first-order chi connectivity index (χ1) is 12.1. The molecule has 3 aromatic carbocycles. The van der Waals surface area contributed by atoms with Gasteiger partial charge in [-0.15, -0.1) is 0 Å². The largest absolute Gasteiger partial charge is 0.294 e. The summed E-state index contributed by atoms with van der Waals surface area (Å²) in [6, 6.07) is 21.8. The highest BCUT2D eigenvalue weighted by Gasteiger charge is 2.20. The van der Waals surface area contributed by atoms with Gasteiger partial charge < -0.3 is 0 Å². The Bertz CT molecular complexity index is 983. The van der Waals surface area contributed by atoms with E-state index in [0.717, 1.165) is 16.3 Å². The lowest BCUT2D eigenvalue weighted by Crippen LogP contribution is -2.08. The van der Waals surface area contributed by atoms with E-state index in [9.17, 15) is 9.18 Å². The van der Waals surface area contributed by atoms with Crippen molar-refractivity contribution in [3.63, 3.8) is 0 Å². The first kappa shape index (κ1) is 16.6. The lowest BCUT2D eigenvalue weighted by Gasteiger charge is -2.15. The molecule has 3 rings (SSSR count). The molecule has 0 saturated carbocycles. The molecular formula is C22H16FNO. The number of benzene rings is 3. The maximum atomic E-state index is 14.1. The topological polar surface area (TPSA) is 40.9 Å². The molecule has 0 N–H and O–H groups in total. The van der Waals surface area contributed by atoms with Crippen molar-refractivity contribution in [2.45, 2.75) is 12.3 Å². The van der Waals surface area contributed by atoms with Gasteiger partial charge in [0.05, 0.1) is 11.6 Å². The van der Waals surface area contributed by atoms with Crippen molar-refractivity contribution in [3.8, 4) is 6.07 Å². The summed E-state index contributed by atoms with van der Waals surface area (Å²) in [6.07, 6.45) is -0.000423. The zero-order valence-corrected chi connectivity index (χ0v) is 13.6. The summed E-state index contributed by atoms with van der Waals surface area (Å²) >= 11 is 0. The standard InChI is InChI=1S/C22H16FNO/c1-15(23)21(13-22(25)18-8-6-16(14-24)7-9-18)20-11-10-17-4-2-3-5-19(17)12-20/h2-12,21H,1,13H2. The van der Waals surface area contributed by atoms with E-state index in [2.05, 4.69) is 6.58 Å². The second kappa shape index (κ2) is 7.11. The van der Waals surface area contributed by atoms with Crippen LogP contribution >= 0.6 is 0 Å². The Morgan fingerprint density at radius 3 is 2.36 bits per heavy atom. The van der Waals surface area contributed by atoms with E-state index in [1.165, 1.54) is 0 Å². The molecule has 3 heteroatoms. The third-order valence-corrected chi connectivity index (χ3v) is 4.28. The van der Waals surface area contributed by atoms with Gasteiger partial charge in [-0.3, -0.25) is 4.79 Å². The molecule has 0 radical (unpaired) electrons. The van der Waals surface area contributed by atoms with E-state index in [0.29, 0.717) is 11.1 Å². The highest BCUT2D eigenvalue weighted by Crippen LogP contribution is 2.31. The van der Waals surface area contributed by atoms with Crippen molar-refractivity contribution < 1.29 is 9.18 Å². The van der Waals surface area contributed by atoms with E-state index in [1.807, 2.05) is 48.5 Å². The van der Waals surface area contributed by atoms with Gasteiger partial charge in [-0.1, -0.05) is 61.2 Å². The molecule has 122 valence electrons. The molecule has 0 aromatic heterocycles. The average Bonchev–Trinajstić information content (AvgIpc) is 2.65. The number of fused-ring (bicyclic) bond motifs is 1. The summed E-state index contributed by atoms with van der Waals surface area (Å²) in [5.74, 6) is -1.40. The minimum absolute atomic E-state index is 0.000423. The lowest BCUT2D eigenvalue weighted by atomic mass is 9.89. The maximum absolute atomic E-state index is 14.1. The third kappa shape index (κ3) is 3.64. The SMILES string of the molecule is C=C(F)C(CC(=O)c1ccc(C#N)cc1)c1ccc2ccccc2c1. The van der Waals surface area contributed by atoms with E-state index >= 15 is 0 Å². The smallest absolute Gasteiger partial charge is 0.163 e. The van der Waals surface area contributed by atoms with Crippen LogP contribution in [0.3, 0.4) is 0 Å². The molecule has 1 unspecified atom stereocenters. The second-order valence-corrected chi connectivity index (χ2v) is 5.92. The molecule has 0 fully saturated rings. The van der Waals surface area contributed by atoms with Gasteiger partial charge in [-0.05, 0) is 28.5 Å². The van der Waals surface area contributed by atoms with Crippen LogP contribution in [0, 0.1) is 11.3 Å². The maximum Gasteiger partial charge on any atom is 0.163 e. The quantitative estimate of drug-likeness (QED) is 0.576. The van der Waals surface area contributed by atoms with Crippen LogP contribution in [0.25, 0.3) is 10.8 Å². The number of carbonyl (C=O) groups is 1. The number of hydrogen-bond donors (Lipinski definition) is 0. The Hall–Kier alpha value is -3.25. The molecule has 25 heavy (non-hydrogen) atoms. The number of nitrogens with zero attached hydrogens (tertiary/aromatic N) is 1. The minimum Gasteiger partial charge on any atom is -0.294 e. The summed E-state index contributed by atoms with van der Waals surface area (Å²) in [6.45, 7) is 3.42. The van der Waals surface area contributed by atoms with Gasteiger partial charge in [0.2, 0.25) is 0 Å². The van der Waals surface area contributed by atoms with Crippen molar-refractivity contribution in [1.82, 2.24) is 0 Å². The van der Waals surface area contributed by atoms with Crippen molar-refractivity contribution in [1.29, 1.82) is 5.26 Å². The fraction of sp³-hybridized carbons (Fsp3) is 0.0909. The number of nitriles is 1. The molecule has 0 heterocycles. The Morgan fingerprint density at radius 1 is 1.04 bits per heavy atom. The molecule has 0 saturated heterocycles. The molecule has 0 aliphatic rings. The molecule has 0 amide bonds. The van der Waals surface area contributed by atoms with Crippen molar-refractivity contribution >= 4 is 16.6 Å². The van der Waals surface area contributed by atoms with Crippen LogP contribution in [-0.4, -0.2) is 5.78 Å². The molecule has 0 aliphatic heterocycles. The number of halogens is 1. The van der Waals surface area contributed by atoms with Crippen LogP contribution in [-0.2, 0) is 0 Å². The van der Waals surface area contributed by atoms with Crippen LogP contribution < -0.4 is 0 Å². The normalized spacial score (nSPS) is 11.7. The van der Waals surface area contributed by atoms with Crippen molar-refractivity contribution in [2.75, 3.05) is 0 Å². The van der Waals surface area contributed by atoms with Crippen LogP contribution in [0.4, 0.5) is 4.39 Å². The number of allylic oxidation sites excluding steroid dienone is 1. The van der Waals surface area contributed by atoms with Crippen LogP contribution in [0.2, 0.25) is 0 Å². The fourth-order valence-corrected chi connectivity index (χ4v) is 2.87. The number of carbonyl (C=O) groups excluding carboxylic acids is 1. The second-order valence-electron chi connectivity index (χ2n) is 5.92. The Labute approximate surface area is 145 Å². The first-order valence-corrected chi connectivity index (χ1v) is 7.95. The van der Waals surface area contributed by atoms with Gasteiger partial charge in [-0.2, -0.15) is 5.26 Å². The van der Waals surface area contributed by atoms with Gasteiger partial charge in [0.15, 0.2) is 5.78 Å². The summed E-state index contributed by atoms with van der Waals surface area (Å²) in [4.78, 5) is 12.5. The zero-order chi connectivity index (χ0) is 17.8. The number of rotatable bonds is 5. The van der Waals surface area contributed by atoms with Gasteiger partial charge in [-0.25, -0.2) is 4.39 Å².